The molecule has 0 saturated carbocycles. The number of nitrogens with zero attached hydrogens (tertiary/aromatic N) is 3. The van der Waals surface area contributed by atoms with Crippen molar-refractivity contribution in [2.45, 2.75) is 46.0 Å². The first-order chi connectivity index (χ1) is 16.3. The van der Waals surface area contributed by atoms with Crippen molar-refractivity contribution in [2.24, 2.45) is 5.10 Å². The summed E-state index contributed by atoms with van der Waals surface area (Å²) in [5.41, 5.74) is 0.822. The van der Waals surface area contributed by atoms with Crippen LogP contribution in [0.1, 0.15) is 27.7 Å². The summed E-state index contributed by atoms with van der Waals surface area (Å²) >= 11 is 0. The normalized spacial score (nSPS) is 13.1. The average molecular weight is 498 g/mol. The van der Waals surface area contributed by atoms with Crippen molar-refractivity contribution >= 4 is 47.2 Å². The zero-order valence-corrected chi connectivity index (χ0v) is 19.0. The van der Waals surface area contributed by atoms with E-state index >= 15 is 0 Å². The maximum absolute atomic E-state index is 11.7. The molecular formula is C19H22N4O12. The van der Waals surface area contributed by atoms with Gasteiger partial charge in [-0.1, -0.05) is 0 Å². The summed E-state index contributed by atoms with van der Waals surface area (Å²) in [4.78, 5) is 66.5. The van der Waals surface area contributed by atoms with Crippen LogP contribution in [0.3, 0.4) is 0 Å². The molecule has 0 radical (unpaired) electrons. The SMILES string of the molecule is CC(=O)OC[C@H](OC(C)=O)[C@@H](OC(C)=O)[C@H](/C=N/Nc1ccc([N+](=O)[O-])cc1[N+](=O)[O-])OC(C)=O. The van der Waals surface area contributed by atoms with Crippen LogP contribution in [0.2, 0.25) is 0 Å². The fourth-order valence-electron chi connectivity index (χ4n) is 2.59. The molecule has 0 aliphatic carbocycles. The largest absolute Gasteiger partial charge is 0.462 e. The smallest absolute Gasteiger partial charge is 0.303 e. The van der Waals surface area contributed by atoms with E-state index < -0.39 is 70.0 Å². The van der Waals surface area contributed by atoms with E-state index in [1.54, 1.807) is 0 Å². The third kappa shape index (κ3) is 9.80. The van der Waals surface area contributed by atoms with Gasteiger partial charge in [-0.2, -0.15) is 5.10 Å². The van der Waals surface area contributed by atoms with Gasteiger partial charge in [-0.25, -0.2) is 0 Å². The molecule has 0 aliphatic heterocycles. The van der Waals surface area contributed by atoms with Crippen LogP contribution in [-0.4, -0.2) is 64.9 Å². The first kappa shape index (κ1) is 28.4. The van der Waals surface area contributed by atoms with E-state index in [-0.39, 0.29) is 5.69 Å². The van der Waals surface area contributed by atoms with E-state index in [1.807, 2.05) is 0 Å². The minimum atomic E-state index is -1.54. The molecule has 0 aromatic heterocycles. The average Bonchev–Trinajstić information content (AvgIpc) is 2.73. The lowest BCUT2D eigenvalue weighted by Gasteiger charge is -2.29. The van der Waals surface area contributed by atoms with E-state index in [1.165, 1.54) is 0 Å². The summed E-state index contributed by atoms with van der Waals surface area (Å²) in [5.74, 6) is -3.32. The van der Waals surface area contributed by atoms with Crippen molar-refractivity contribution in [3.63, 3.8) is 0 Å². The first-order valence-corrected chi connectivity index (χ1v) is 9.68. The van der Waals surface area contributed by atoms with Crippen molar-refractivity contribution in [3.8, 4) is 0 Å². The lowest BCUT2D eigenvalue weighted by molar-refractivity contribution is -0.393. The number of hydrogen-bond acceptors (Lipinski definition) is 14. The molecule has 0 aliphatic rings. The number of nitrogens with one attached hydrogen (secondary N) is 1. The Balaban J connectivity index is 3.33. The van der Waals surface area contributed by atoms with Crippen LogP contribution in [0.15, 0.2) is 23.3 Å². The van der Waals surface area contributed by atoms with Gasteiger partial charge in [0.05, 0.1) is 22.1 Å². The van der Waals surface area contributed by atoms with Gasteiger partial charge in [0.25, 0.3) is 5.69 Å². The Kier molecular flexibility index (Phi) is 10.7. The summed E-state index contributed by atoms with van der Waals surface area (Å²) in [5, 5.41) is 25.9. The second-order valence-electron chi connectivity index (χ2n) is 6.70. The second kappa shape index (κ2) is 13.2. The number of rotatable bonds is 12. The Hall–Kier alpha value is -4.63. The minimum absolute atomic E-state index is 0.251. The number of carbonyl (C=O) groups excluding carboxylic acids is 4. The molecule has 1 rings (SSSR count). The summed E-state index contributed by atoms with van der Waals surface area (Å²) in [6.07, 6.45) is -3.62. The molecule has 0 amide bonds. The van der Waals surface area contributed by atoms with Crippen molar-refractivity contribution in [1.82, 2.24) is 0 Å². The molecular weight excluding hydrogens is 476 g/mol. The lowest BCUT2D eigenvalue weighted by atomic mass is 10.1. The quantitative estimate of drug-likeness (QED) is 0.141. The van der Waals surface area contributed by atoms with Gasteiger partial charge >= 0.3 is 29.6 Å². The summed E-state index contributed by atoms with van der Waals surface area (Å²) in [6, 6.07) is 2.73. The Labute approximate surface area is 197 Å². The second-order valence-corrected chi connectivity index (χ2v) is 6.70. The van der Waals surface area contributed by atoms with E-state index in [0.29, 0.717) is 6.07 Å². The number of hydrogen-bond donors (Lipinski definition) is 1. The zero-order valence-electron chi connectivity index (χ0n) is 19.0. The Morgan fingerprint density at radius 2 is 1.54 bits per heavy atom. The summed E-state index contributed by atoms with van der Waals surface area (Å²) in [6.45, 7) is 3.59. The highest BCUT2D eigenvalue weighted by atomic mass is 16.6. The van der Waals surface area contributed by atoms with Crippen LogP contribution in [0, 0.1) is 20.2 Å². The van der Waals surface area contributed by atoms with E-state index in [4.69, 9.17) is 18.9 Å². The molecule has 0 spiro atoms. The highest BCUT2D eigenvalue weighted by molar-refractivity contribution is 5.75. The number of non-ortho nitro benzene ring substituents is 1. The van der Waals surface area contributed by atoms with Gasteiger partial charge in [-0.15, -0.1) is 0 Å². The molecule has 0 saturated heterocycles. The number of carbonyl (C=O) groups is 4. The standard InChI is InChI=1S/C19H22N4O12/c1-10(24)32-9-18(34-12(3)26)19(35-13(4)27)17(33-11(2)25)8-20-21-15-6-5-14(22(28)29)7-16(15)23(30)31/h5-8,17-19,21H,9H2,1-4H3/b20-8+/t17-,18-,19-/m0/s1. The van der Waals surface area contributed by atoms with Crippen molar-refractivity contribution in [3.05, 3.63) is 38.4 Å². The Morgan fingerprint density at radius 3 is 2.03 bits per heavy atom. The molecule has 1 aromatic carbocycles. The van der Waals surface area contributed by atoms with E-state index in [2.05, 4.69) is 10.5 Å². The van der Waals surface area contributed by atoms with Crippen LogP contribution >= 0.6 is 0 Å². The number of anilines is 1. The van der Waals surface area contributed by atoms with Gasteiger partial charge in [0.2, 0.25) is 0 Å². The van der Waals surface area contributed by atoms with Gasteiger partial charge < -0.3 is 18.9 Å². The Bertz CT molecular complexity index is 1030. The number of benzene rings is 1. The zero-order chi connectivity index (χ0) is 26.7. The van der Waals surface area contributed by atoms with E-state index in [0.717, 1.165) is 46.0 Å². The molecule has 16 heteroatoms. The molecule has 0 fully saturated rings. The van der Waals surface area contributed by atoms with Crippen LogP contribution in [0.4, 0.5) is 17.1 Å². The molecule has 3 atom stereocenters. The monoisotopic (exact) mass is 498 g/mol. The van der Waals surface area contributed by atoms with Crippen LogP contribution < -0.4 is 5.43 Å². The Morgan fingerprint density at radius 1 is 0.943 bits per heavy atom. The predicted molar refractivity (Wildman–Crippen MR) is 115 cm³/mol. The van der Waals surface area contributed by atoms with Crippen molar-refractivity contribution in [2.75, 3.05) is 12.0 Å². The molecule has 0 unspecified atom stereocenters. The van der Waals surface area contributed by atoms with Crippen LogP contribution in [-0.2, 0) is 38.1 Å². The van der Waals surface area contributed by atoms with Gasteiger partial charge in [-0.05, 0) is 6.07 Å². The number of esters is 4. The fourth-order valence-corrected chi connectivity index (χ4v) is 2.59. The predicted octanol–water partition coefficient (Wildman–Crippen LogP) is 1.26. The minimum Gasteiger partial charge on any atom is -0.462 e. The summed E-state index contributed by atoms with van der Waals surface area (Å²) in [7, 11) is 0. The summed E-state index contributed by atoms with van der Waals surface area (Å²) < 4.78 is 20.1. The first-order valence-electron chi connectivity index (χ1n) is 9.68. The van der Waals surface area contributed by atoms with Crippen molar-refractivity contribution < 1.29 is 48.0 Å². The maximum atomic E-state index is 11.7. The highest BCUT2D eigenvalue weighted by Gasteiger charge is 2.37. The molecule has 1 aromatic rings. The van der Waals surface area contributed by atoms with Gasteiger partial charge in [0.1, 0.15) is 12.3 Å². The number of nitro benzene ring substituents is 2. The maximum Gasteiger partial charge on any atom is 0.303 e. The van der Waals surface area contributed by atoms with Crippen molar-refractivity contribution in [1.29, 1.82) is 0 Å². The number of ether oxygens (including phenoxy) is 4. The van der Waals surface area contributed by atoms with Gasteiger partial charge in [-0.3, -0.25) is 44.8 Å². The van der Waals surface area contributed by atoms with Gasteiger partial charge in [0, 0.05) is 33.8 Å². The molecule has 16 nitrogen and oxygen atoms in total. The molecule has 0 heterocycles. The van der Waals surface area contributed by atoms with Crippen LogP contribution in [0.25, 0.3) is 0 Å². The third-order valence-corrected chi connectivity index (χ3v) is 3.86. The number of nitro groups is 2. The molecule has 190 valence electrons. The fraction of sp³-hybridized carbons (Fsp3) is 0.421. The number of hydrazone groups is 1. The highest BCUT2D eigenvalue weighted by Crippen LogP contribution is 2.29. The topological polar surface area (TPSA) is 216 Å². The molecule has 1 N–H and O–H groups in total. The van der Waals surface area contributed by atoms with Gasteiger partial charge in [0.15, 0.2) is 18.3 Å². The molecule has 35 heavy (non-hydrogen) atoms. The molecule has 0 bridgehead atoms. The van der Waals surface area contributed by atoms with Crippen LogP contribution in [0.5, 0.6) is 0 Å². The van der Waals surface area contributed by atoms with E-state index in [9.17, 15) is 39.4 Å². The third-order valence-electron chi connectivity index (χ3n) is 3.86. The lowest BCUT2D eigenvalue weighted by Crippen LogP contribution is -2.48.